The average molecular weight is 238 g/mol. The van der Waals surface area contributed by atoms with Gasteiger partial charge in [0.2, 0.25) is 0 Å². The van der Waals surface area contributed by atoms with E-state index in [-0.39, 0.29) is 0 Å². The topological polar surface area (TPSA) is 9.23 Å². The van der Waals surface area contributed by atoms with Crippen molar-refractivity contribution < 1.29 is 4.74 Å². The molecule has 0 bridgehead atoms. The number of hydrogen-bond donors (Lipinski definition) is 0. The first-order valence-corrected chi connectivity index (χ1v) is 8.03. The van der Waals surface area contributed by atoms with Crippen molar-refractivity contribution in [1.82, 2.24) is 0 Å². The molecule has 17 heavy (non-hydrogen) atoms. The van der Waals surface area contributed by atoms with Crippen LogP contribution in [-0.4, -0.2) is 13.2 Å². The Bertz CT molecular complexity index is 158. The van der Waals surface area contributed by atoms with Crippen molar-refractivity contribution in [3.8, 4) is 0 Å². The molecule has 2 aliphatic carbocycles. The molecule has 2 fully saturated rings. The van der Waals surface area contributed by atoms with Crippen LogP contribution in [0.1, 0.15) is 77.0 Å². The van der Waals surface area contributed by atoms with Crippen LogP contribution in [0.4, 0.5) is 0 Å². The molecular formula is C16H30O. The van der Waals surface area contributed by atoms with Gasteiger partial charge in [-0.15, -0.1) is 0 Å². The zero-order chi connectivity index (χ0) is 11.8. The van der Waals surface area contributed by atoms with Gasteiger partial charge in [0.1, 0.15) is 0 Å². The standard InChI is InChI=1S/C16H30O/c1-2-8-15(7-1)11-5-13-17-14-6-12-16-9-3-4-10-16/h15-16H,1-14H2. The van der Waals surface area contributed by atoms with Crippen LogP contribution < -0.4 is 0 Å². The van der Waals surface area contributed by atoms with Crippen LogP contribution in [0, 0.1) is 11.8 Å². The highest BCUT2D eigenvalue weighted by atomic mass is 16.5. The largest absolute Gasteiger partial charge is 0.381 e. The molecular weight excluding hydrogens is 208 g/mol. The van der Waals surface area contributed by atoms with Gasteiger partial charge < -0.3 is 4.74 Å². The van der Waals surface area contributed by atoms with Crippen molar-refractivity contribution in [1.29, 1.82) is 0 Å². The Morgan fingerprint density at radius 3 is 1.47 bits per heavy atom. The fourth-order valence-corrected chi connectivity index (χ4v) is 3.65. The number of rotatable bonds is 8. The summed E-state index contributed by atoms with van der Waals surface area (Å²) in [5, 5.41) is 0. The second kappa shape index (κ2) is 8.13. The van der Waals surface area contributed by atoms with E-state index in [4.69, 9.17) is 4.74 Å². The van der Waals surface area contributed by atoms with Crippen LogP contribution in [0.2, 0.25) is 0 Å². The normalized spacial score (nSPS) is 22.6. The van der Waals surface area contributed by atoms with Crippen molar-refractivity contribution >= 4 is 0 Å². The van der Waals surface area contributed by atoms with Crippen LogP contribution in [-0.2, 0) is 4.74 Å². The Balaban J connectivity index is 1.33. The van der Waals surface area contributed by atoms with Gasteiger partial charge in [-0.25, -0.2) is 0 Å². The summed E-state index contributed by atoms with van der Waals surface area (Å²) in [6, 6.07) is 0. The van der Waals surface area contributed by atoms with E-state index in [9.17, 15) is 0 Å². The molecule has 0 N–H and O–H groups in total. The van der Waals surface area contributed by atoms with Crippen molar-refractivity contribution in [3.63, 3.8) is 0 Å². The first kappa shape index (κ1) is 13.4. The SMILES string of the molecule is C1CCC(CCCOCCCC2CCCC2)C1. The van der Waals surface area contributed by atoms with E-state index in [0.29, 0.717) is 0 Å². The maximum atomic E-state index is 5.75. The summed E-state index contributed by atoms with van der Waals surface area (Å²) < 4.78 is 5.75. The quantitative estimate of drug-likeness (QED) is 0.544. The second-order valence-electron chi connectivity index (χ2n) is 6.20. The molecule has 2 rings (SSSR count). The molecule has 0 unspecified atom stereocenters. The molecule has 0 saturated heterocycles. The lowest BCUT2D eigenvalue weighted by Crippen LogP contribution is -2.02. The Hall–Kier alpha value is -0.0400. The van der Waals surface area contributed by atoms with Gasteiger partial charge in [0.25, 0.3) is 0 Å². The lowest BCUT2D eigenvalue weighted by molar-refractivity contribution is 0.120. The average Bonchev–Trinajstić information content (AvgIpc) is 3.00. The van der Waals surface area contributed by atoms with E-state index in [1.54, 1.807) is 0 Å². The summed E-state index contributed by atoms with van der Waals surface area (Å²) in [6.45, 7) is 2.03. The van der Waals surface area contributed by atoms with E-state index in [1.807, 2.05) is 0 Å². The summed E-state index contributed by atoms with van der Waals surface area (Å²) >= 11 is 0. The van der Waals surface area contributed by atoms with Crippen LogP contribution in [0.5, 0.6) is 0 Å². The zero-order valence-corrected chi connectivity index (χ0v) is 11.5. The highest BCUT2D eigenvalue weighted by molar-refractivity contribution is 4.67. The molecule has 0 amide bonds. The van der Waals surface area contributed by atoms with E-state index in [2.05, 4.69) is 0 Å². The van der Waals surface area contributed by atoms with Gasteiger partial charge in [-0.3, -0.25) is 0 Å². The Labute approximate surface area is 107 Å². The van der Waals surface area contributed by atoms with Crippen molar-refractivity contribution in [2.45, 2.75) is 77.0 Å². The fourth-order valence-electron chi connectivity index (χ4n) is 3.65. The Morgan fingerprint density at radius 1 is 0.647 bits per heavy atom. The minimum atomic E-state index is 1.02. The smallest absolute Gasteiger partial charge is 0.0466 e. The highest BCUT2D eigenvalue weighted by Crippen LogP contribution is 2.29. The molecule has 1 heteroatoms. The first-order valence-electron chi connectivity index (χ1n) is 8.03. The summed E-state index contributed by atoms with van der Waals surface area (Å²) in [5.41, 5.74) is 0. The predicted molar refractivity (Wildman–Crippen MR) is 73.2 cm³/mol. The van der Waals surface area contributed by atoms with Gasteiger partial charge in [0.05, 0.1) is 0 Å². The molecule has 0 radical (unpaired) electrons. The highest BCUT2D eigenvalue weighted by Gasteiger charge is 2.15. The molecule has 100 valence electrons. The lowest BCUT2D eigenvalue weighted by atomic mass is 10.0. The molecule has 0 heterocycles. The van der Waals surface area contributed by atoms with Gasteiger partial charge in [-0.1, -0.05) is 51.4 Å². The third kappa shape index (κ3) is 5.42. The van der Waals surface area contributed by atoms with Gasteiger partial charge in [-0.05, 0) is 37.5 Å². The Morgan fingerprint density at radius 2 is 1.06 bits per heavy atom. The molecule has 0 aromatic heterocycles. The summed E-state index contributed by atoms with van der Waals surface area (Å²) in [7, 11) is 0. The number of ether oxygens (including phenoxy) is 1. The Kier molecular flexibility index (Phi) is 6.41. The van der Waals surface area contributed by atoms with Gasteiger partial charge in [0, 0.05) is 13.2 Å². The molecule has 0 spiro atoms. The maximum absolute atomic E-state index is 5.75. The van der Waals surface area contributed by atoms with Crippen LogP contribution in [0.15, 0.2) is 0 Å². The van der Waals surface area contributed by atoms with Crippen LogP contribution in [0.3, 0.4) is 0 Å². The van der Waals surface area contributed by atoms with Crippen LogP contribution in [0.25, 0.3) is 0 Å². The van der Waals surface area contributed by atoms with Crippen molar-refractivity contribution in [2.75, 3.05) is 13.2 Å². The molecule has 0 aliphatic heterocycles. The monoisotopic (exact) mass is 238 g/mol. The third-order valence-electron chi connectivity index (χ3n) is 4.75. The summed E-state index contributed by atoms with van der Waals surface area (Å²) in [6.07, 6.45) is 17.3. The third-order valence-corrected chi connectivity index (χ3v) is 4.75. The second-order valence-corrected chi connectivity index (χ2v) is 6.20. The lowest BCUT2D eigenvalue weighted by Gasteiger charge is -2.10. The minimum absolute atomic E-state index is 1.02. The van der Waals surface area contributed by atoms with Gasteiger partial charge >= 0.3 is 0 Å². The summed E-state index contributed by atoms with van der Waals surface area (Å²) in [5.74, 6) is 2.08. The predicted octanol–water partition coefficient (Wildman–Crippen LogP) is 4.94. The zero-order valence-electron chi connectivity index (χ0n) is 11.5. The maximum Gasteiger partial charge on any atom is 0.0466 e. The van der Waals surface area contributed by atoms with E-state index in [0.717, 1.165) is 25.0 Å². The van der Waals surface area contributed by atoms with E-state index >= 15 is 0 Å². The molecule has 2 aliphatic rings. The number of hydrogen-bond acceptors (Lipinski definition) is 1. The minimum Gasteiger partial charge on any atom is -0.381 e. The van der Waals surface area contributed by atoms with Gasteiger partial charge in [0.15, 0.2) is 0 Å². The molecule has 0 atom stereocenters. The fraction of sp³-hybridized carbons (Fsp3) is 1.00. The molecule has 0 aromatic rings. The van der Waals surface area contributed by atoms with E-state index < -0.39 is 0 Å². The van der Waals surface area contributed by atoms with Crippen molar-refractivity contribution in [3.05, 3.63) is 0 Å². The van der Waals surface area contributed by atoms with E-state index in [1.165, 1.54) is 77.0 Å². The van der Waals surface area contributed by atoms with Crippen LogP contribution >= 0.6 is 0 Å². The molecule has 0 aromatic carbocycles. The summed E-state index contributed by atoms with van der Waals surface area (Å²) in [4.78, 5) is 0. The van der Waals surface area contributed by atoms with Gasteiger partial charge in [-0.2, -0.15) is 0 Å². The van der Waals surface area contributed by atoms with Crippen molar-refractivity contribution in [2.24, 2.45) is 11.8 Å². The molecule has 1 nitrogen and oxygen atoms in total. The molecule has 2 saturated carbocycles. The first-order chi connectivity index (χ1) is 8.45.